The minimum atomic E-state index is 0.0336. The number of carbonyl (C=O) groups excluding carboxylic acids is 2. The molecule has 3 heteroatoms. The summed E-state index contributed by atoms with van der Waals surface area (Å²) in [4.78, 5) is 24.2. The average Bonchev–Trinajstić information content (AvgIpc) is 2.68. The summed E-state index contributed by atoms with van der Waals surface area (Å²) in [6, 6.07) is 0. The summed E-state index contributed by atoms with van der Waals surface area (Å²) in [6.45, 7) is 2.38. The molecule has 0 aromatic rings. The van der Waals surface area contributed by atoms with Crippen molar-refractivity contribution in [1.29, 1.82) is 0 Å². The molecule has 1 heterocycles. The molecule has 66 valence electrons. The van der Waals surface area contributed by atoms with E-state index >= 15 is 0 Å². The summed E-state index contributed by atoms with van der Waals surface area (Å²) in [5.41, 5.74) is 0.111. The lowest BCUT2D eigenvalue weighted by molar-refractivity contribution is -0.150. The first-order valence-electron chi connectivity index (χ1n) is 4.50. The maximum atomic E-state index is 11.4. The second-order valence-corrected chi connectivity index (χ2v) is 3.89. The Morgan fingerprint density at radius 2 is 1.75 bits per heavy atom. The zero-order valence-electron chi connectivity index (χ0n) is 7.30. The number of likely N-dealkylation sites (tertiary alicyclic amines) is 1. The van der Waals surface area contributed by atoms with Gasteiger partial charge in [0.05, 0.1) is 0 Å². The molecule has 1 saturated heterocycles. The standard InChI is InChI=1S/C9H13NO2/c1-2-10-7(11)5-9(3-4-9)6-8(10)12/h2-6H2,1H3. The van der Waals surface area contributed by atoms with Gasteiger partial charge in [0.1, 0.15) is 0 Å². The number of carbonyl (C=O) groups is 2. The Morgan fingerprint density at radius 3 is 2.08 bits per heavy atom. The molecule has 0 atom stereocenters. The fourth-order valence-corrected chi connectivity index (χ4v) is 1.92. The van der Waals surface area contributed by atoms with Crippen LogP contribution in [0.5, 0.6) is 0 Å². The molecule has 3 nitrogen and oxygen atoms in total. The van der Waals surface area contributed by atoms with Crippen LogP contribution in [0.2, 0.25) is 0 Å². The Bertz CT molecular complexity index is 223. The molecule has 0 bridgehead atoms. The smallest absolute Gasteiger partial charge is 0.229 e. The SMILES string of the molecule is CCN1C(=O)CC2(CC2)CC1=O. The Labute approximate surface area is 71.7 Å². The second kappa shape index (κ2) is 2.31. The molecule has 0 radical (unpaired) electrons. The summed E-state index contributed by atoms with van der Waals surface area (Å²) in [5, 5.41) is 0. The predicted molar refractivity (Wildman–Crippen MR) is 43.3 cm³/mol. The van der Waals surface area contributed by atoms with Crippen molar-refractivity contribution in [3.05, 3.63) is 0 Å². The number of rotatable bonds is 1. The van der Waals surface area contributed by atoms with Crippen LogP contribution in [0.3, 0.4) is 0 Å². The molecule has 0 aromatic heterocycles. The van der Waals surface area contributed by atoms with Crippen molar-refractivity contribution in [1.82, 2.24) is 4.90 Å². The summed E-state index contributed by atoms with van der Waals surface area (Å²) in [6.07, 6.45) is 3.35. The highest BCUT2D eigenvalue weighted by Crippen LogP contribution is 2.54. The van der Waals surface area contributed by atoms with Crippen LogP contribution in [0.4, 0.5) is 0 Å². The minimum absolute atomic E-state index is 0.0336. The third-order valence-electron chi connectivity index (χ3n) is 2.93. The number of amides is 2. The number of hydrogen-bond acceptors (Lipinski definition) is 2. The van der Waals surface area contributed by atoms with Crippen molar-refractivity contribution in [3.8, 4) is 0 Å². The van der Waals surface area contributed by atoms with E-state index in [0.717, 1.165) is 12.8 Å². The lowest BCUT2D eigenvalue weighted by atomic mass is 9.92. The molecule has 0 unspecified atom stereocenters. The van der Waals surface area contributed by atoms with Gasteiger partial charge in [0.25, 0.3) is 0 Å². The fraction of sp³-hybridized carbons (Fsp3) is 0.778. The number of hydrogen-bond donors (Lipinski definition) is 0. The quantitative estimate of drug-likeness (QED) is 0.545. The van der Waals surface area contributed by atoms with E-state index in [4.69, 9.17) is 0 Å². The normalized spacial score (nSPS) is 26.6. The molecule has 1 spiro atoms. The highest BCUT2D eigenvalue weighted by Gasteiger charge is 2.50. The molecule has 0 aromatic carbocycles. The van der Waals surface area contributed by atoms with Gasteiger partial charge in [0.15, 0.2) is 0 Å². The van der Waals surface area contributed by atoms with Gasteiger partial charge in [-0.25, -0.2) is 0 Å². The first-order valence-corrected chi connectivity index (χ1v) is 4.50. The van der Waals surface area contributed by atoms with E-state index in [0.29, 0.717) is 19.4 Å². The van der Waals surface area contributed by atoms with E-state index in [9.17, 15) is 9.59 Å². The highest BCUT2D eigenvalue weighted by molar-refractivity contribution is 5.98. The lowest BCUT2D eigenvalue weighted by Crippen LogP contribution is -2.43. The minimum Gasteiger partial charge on any atom is -0.283 e. The van der Waals surface area contributed by atoms with E-state index in [-0.39, 0.29) is 17.2 Å². The first-order chi connectivity index (χ1) is 5.67. The summed E-state index contributed by atoms with van der Waals surface area (Å²) in [7, 11) is 0. The van der Waals surface area contributed by atoms with Crippen molar-refractivity contribution >= 4 is 11.8 Å². The van der Waals surface area contributed by atoms with E-state index in [2.05, 4.69) is 0 Å². The highest BCUT2D eigenvalue weighted by atomic mass is 16.2. The monoisotopic (exact) mass is 167 g/mol. The van der Waals surface area contributed by atoms with Crippen LogP contribution < -0.4 is 0 Å². The van der Waals surface area contributed by atoms with Gasteiger partial charge in [0.2, 0.25) is 11.8 Å². The van der Waals surface area contributed by atoms with Crippen LogP contribution in [-0.2, 0) is 9.59 Å². The maximum absolute atomic E-state index is 11.4. The Hall–Kier alpha value is -0.860. The largest absolute Gasteiger partial charge is 0.283 e. The summed E-state index contributed by atoms with van der Waals surface area (Å²) >= 11 is 0. The third-order valence-corrected chi connectivity index (χ3v) is 2.93. The predicted octanol–water partition coefficient (Wildman–Crippen LogP) is 0.935. The van der Waals surface area contributed by atoms with Crippen molar-refractivity contribution in [3.63, 3.8) is 0 Å². The van der Waals surface area contributed by atoms with Gasteiger partial charge in [-0.2, -0.15) is 0 Å². The Balaban J connectivity index is 2.13. The molecule has 2 fully saturated rings. The first kappa shape index (κ1) is 7.77. The zero-order valence-corrected chi connectivity index (χ0v) is 7.30. The van der Waals surface area contributed by atoms with Gasteiger partial charge < -0.3 is 0 Å². The van der Waals surface area contributed by atoms with Crippen LogP contribution in [0.25, 0.3) is 0 Å². The van der Waals surface area contributed by atoms with Gasteiger partial charge >= 0.3 is 0 Å². The summed E-state index contributed by atoms with van der Waals surface area (Å²) < 4.78 is 0. The molecular formula is C9H13NO2. The van der Waals surface area contributed by atoms with E-state index < -0.39 is 0 Å². The summed E-state index contributed by atoms with van der Waals surface area (Å²) in [5.74, 6) is 0.0671. The van der Waals surface area contributed by atoms with Gasteiger partial charge in [-0.15, -0.1) is 0 Å². The van der Waals surface area contributed by atoms with Crippen molar-refractivity contribution in [2.75, 3.05) is 6.54 Å². The third kappa shape index (κ3) is 1.04. The van der Waals surface area contributed by atoms with E-state index in [1.165, 1.54) is 4.90 Å². The van der Waals surface area contributed by atoms with Gasteiger partial charge in [-0.1, -0.05) is 0 Å². The fourth-order valence-electron chi connectivity index (χ4n) is 1.92. The van der Waals surface area contributed by atoms with E-state index in [1.54, 1.807) is 0 Å². The number of nitrogens with zero attached hydrogens (tertiary/aromatic N) is 1. The molecule has 1 aliphatic heterocycles. The molecule has 12 heavy (non-hydrogen) atoms. The molecule has 1 saturated carbocycles. The van der Waals surface area contributed by atoms with E-state index in [1.807, 2.05) is 6.92 Å². The van der Waals surface area contributed by atoms with Crippen LogP contribution in [-0.4, -0.2) is 23.3 Å². The Kier molecular flexibility index (Phi) is 1.50. The van der Waals surface area contributed by atoms with Gasteiger partial charge in [-0.05, 0) is 25.2 Å². The van der Waals surface area contributed by atoms with Crippen LogP contribution in [0, 0.1) is 5.41 Å². The molecule has 2 aliphatic rings. The molecule has 2 amide bonds. The average molecular weight is 167 g/mol. The molecule has 0 N–H and O–H groups in total. The maximum Gasteiger partial charge on any atom is 0.229 e. The van der Waals surface area contributed by atoms with Crippen molar-refractivity contribution in [2.45, 2.75) is 32.6 Å². The van der Waals surface area contributed by atoms with Gasteiger partial charge in [0, 0.05) is 19.4 Å². The van der Waals surface area contributed by atoms with Crippen molar-refractivity contribution < 1.29 is 9.59 Å². The number of piperidine rings is 1. The molecular weight excluding hydrogens is 154 g/mol. The van der Waals surface area contributed by atoms with Crippen molar-refractivity contribution in [2.24, 2.45) is 5.41 Å². The van der Waals surface area contributed by atoms with Crippen LogP contribution >= 0.6 is 0 Å². The number of imide groups is 1. The second-order valence-electron chi connectivity index (χ2n) is 3.89. The van der Waals surface area contributed by atoms with Crippen LogP contribution in [0.1, 0.15) is 32.6 Å². The van der Waals surface area contributed by atoms with Crippen LogP contribution in [0.15, 0.2) is 0 Å². The Morgan fingerprint density at radius 1 is 1.25 bits per heavy atom. The zero-order chi connectivity index (χ0) is 8.77. The lowest BCUT2D eigenvalue weighted by Gasteiger charge is -2.28. The molecule has 2 rings (SSSR count). The molecule has 1 aliphatic carbocycles. The van der Waals surface area contributed by atoms with Gasteiger partial charge in [-0.3, -0.25) is 14.5 Å². The topological polar surface area (TPSA) is 37.4 Å².